The Morgan fingerprint density at radius 1 is 0.842 bits per heavy atom. The maximum atomic E-state index is 6.12. The lowest BCUT2D eigenvalue weighted by Crippen LogP contribution is -2.07. The number of hydrogen-bond acceptors (Lipinski definition) is 1. The SMILES string of the molecule is CC(Nc1c(Cl)cccc1Cl)c1ccc(Cl)c(Cl)c1. The number of anilines is 1. The maximum Gasteiger partial charge on any atom is 0.0723 e. The van der Waals surface area contributed by atoms with Crippen LogP contribution in [0.15, 0.2) is 36.4 Å². The zero-order chi connectivity index (χ0) is 14.0. The predicted molar refractivity (Wildman–Crippen MR) is 85.0 cm³/mol. The molecule has 2 aromatic rings. The Kier molecular flexibility index (Phi) is 4.86. The van der Waals surface area contributed by atoms with Crippen LogP contribution in [0, 0.1) is 0 Å². The van der Waals surface area contributed by atoms with E-state index in [2.05, 4.69) is 5.32 Å². The standard InChI is InChI=1S/C14H11Cl4N/c1-8(9-5-6-10(15)13(18)7-9)19-14-11(16)3-2-4-12(14)17/h2-8,19H,1H3. The second kappa shape index (κ2) is 6.23. The van der Waals surface area contributed by atoms with Crippen molar-refractivity contribution in [1.29, 1.82) is 0 Å². The first-order chi connectivity index (χ1) is 8.99. The minimum absolute atomic E-state index is 0.00664. The smallest absolute Gasteiger partial charge is 0.0723 e. The fraction of sp³-hybridized carbons (Fsp3) is 0.143. The van der Waals surface area contributed by atoms with Crippen LogP contribution < -0.4 is 5.32 Å². The maximum absolute atomic E-state index is 6.12. The summed E-state index contributed by atoms with van der Waals surface area (Å²) in [6.07, 6.45) is 0. The average Bonchev–Trinajstić information content (AvgIpc) is 2.37. The molecular formula is C14H11Cl4N. The molecule has 0 radical (unpaired) electrons. The molecule has 0 aliphatic heterocycles. The number of hydrogen-bond donors (Lipinski definition) is 1. The molecule has 0 fully saturated rings. The highest BCUT2D eigenvalue weighted by Crippen LogP contribution is 2.34. The van der Waals surface area contributed by atoms with Gasteiger partial charge in [-0.15, -0.1) is 0 Å². The molecule has 0 heterocycles. The van der Waals surface area contributed by atoms with Gasteiger partial charge < -0.3 is 5.32 Å². The van der Waals surface area contributed by atoms with Crippen LogP contribution in [0.1, 0.15) is 18.5 Å². The van der Waals surface area contributed by atoms with Gasteiger partial charge in [0, 0.05) is 6.04 Å². The molecule has 1 atom stereocenters. The minimum Gasteiger partial charge on any atom is -0.376 e. The Morgan fingerprint density at radius 3 is 2.05 bits per heavy atom. The molecule has 0 saturated carbocycles. The normalized spacial score (nSPS) is 12.3. The lowest BCUT2D eigenvalue weighted by atomic mass is 10.1. The van der Waals surface area contributed by atoms with E-state index in [-0.39, 0.29) is 6.04 Å². The molecule has 100 valence electrons. The largest absolute Gasteiger partial charge is 0.376 e. The number of nitrogens with one attached hydrogen (secondary N) is 1. The molecule has 2 aromatic carbocycles. The van der Waals surface area contributed by atoms with Crippen molar-refractivity contribution in [3.05, 3.63) is 62.1 Å². The highest BCUT2D eigenvalue weighted by atomic mass is 35.5. The molecule has 19 heavy (non-hydrogen) atoms. The molecule has 0 bridgehead atoms. The molecule has 0 aromatic heterocycles. The van der Waals surface area contributed by atoms with E-state index in [1.165, 1.54) is 0 Å². The van der Waals surface area contributed by atoms with Crippen molar-refractivity contribution < 1.29 is 0 Å². The van der Waals surface area contributed by atoms with Crippen LogP contribution in [0.3, 0.4) is 0 Å². The third-order valence-corrected chi connectivity index (χ3v) is 4.14. The second-order valence-corrected chi connectivity index (χ2v) is 5.77. The van der Waals surface area contributed by atoms with E-state index in [1.807, 2.05) is 19.1 Å². The Labute approximate surface area is 132 Å². The first kappa shape index (κ1) is 14.8. The van der Waals surface area contributed by atoms with Crippen molar-refractivity contribution in [3.63, 3.8) is 0 Å². The van der Waals surface area contributed by atoms with E-state index in [4.69, 9.17) is 46.4 Å². The van der Waals surface area contributed by atoms with Gasteiger partial charge in [-0.3, -0.25) is 0 Å². The topological polar surface area (TPSA) is 12.0 Å². The Hall–Kier alpha value is -0.600. The number of benzene rings is 2. The average molecular weight is 335 g/mol. The summed E-state index contributed by atoms with van der Waals surface area (Å²) in [4.78, 5) is 0. The third-order valence-electron chi connectivity index (χ3n) is 2.77. The van der Waals surface area contributed by atoms with E-state index >= 15 is 0 Å². The van der Waals surface area contributed by atoms with Gasteiger partial charge in [-0.1, -0.05) is 58.5 Å². The van der Waals surface area contributed by atoms with Gasteiger partial charge >= 0.3 is 0 Å². The summed E-state index contributed by atoms with van der Waals surface area (Å²) in [5.74, 6) is 0. The van der Waals surface area contributed by atoms with Crippen LogP contribution >= 0.6 is 46.4 Å². The van der Waals surface area contributed by atoms with Crippen molar-refractivity contribution in [2.75, 3.05) is 5.32 Å². The summed E-state index contributed by atoms with van der Waals surface area (Å²) >= 11 is 24.2. The minimum atomic E-state index is 0.00664. The Morgan fingerprint density at radius 2 is 1.47 bits per heavy atom. The second-order valence-electron chi connectivity index (χ2n) is 4.14. The van der Waals surface area contributed by atoms with Gasteiger partial charge in [0.2, 0.25) is 0 Å². The summed E-state index contributed by atoms with van der Waals surface area (Å²) in [6, 6.07) is 10.9. The van der Waals surface area contributed by atoms with Crippen LogP contribution in [0.25, 0.3) is 0 Å². The number of para-hydroxylation sites is 1. The quantitative estimate of drug-likeness (QED) is 0.677. The molecule has 1 N–H and O–H groups in total. The van der Waals surface area contributed by atoms with Crippen molar-refractivity contribution in [1.82, 2.24) is 0 Å². The highest BCUT2D eigenvalue weighted by Gasteiger charge is 2.11. The van der Waals surface area contributed by atoms with Gasteiger partial charge in [0.25, 0.3) is 0 Å². The van der Waals surface area contributed by atoms with Crippen LogP contribution in [-0.4, -0.2) is 0 Å². The Balaban J connectivity index is 2.25. The molecule has 5 heteroatoms. The van der Waals surface area contributed by atoms with Gasteiger partial charge in [-0.25, -0.2) is 0 Å². The van der Waals surface area contributed by atoms with Gasteiger partial charge in [-0.05, 0) is 36.8 Å². The lowest BCUT2D eigenvalue weighted by Gasteiger charge is -2.18. The van der Waals surface area contributed by atoms with Gasteiger partial charge in [0.05, 0.1) is 25.8 Å². The monoisotopic (exact) mass is 333 g/mol. The zero-order valence-electron chi connectivity index (χ0n) is 10.1. The van der Waals surface area contributed by atoms with E-state index < -0.39 is 0 Å². The van der Waals surface area contributed by atoms with E-state index in [9.17, 15) is 0 Å². The van der Waals surface area contributed by atoms with Crippen LogP contribution in [-0.2, 0) is 0 Å². The van der Waals surface area contributed by atoms with E-state index in [0.29, 0.717) is 25.8 Å². The molecule has 0 saturated heterocycles. The van der Waals surface area contributed by atoms with Gasteiger partial charge in [0.1, 0.15) is 0 Å². The van der Waals surface area contributed by atoms with Gasteiger partial charge in [0.15, 0.2) is 0 Å². The number of rotatable bonds is 3. The fourth-order valence-corrected chi connectivity index (χ4v) is 2.53. The molecule has 0 spiro atoms. The summed E-state index contributed by atoms with van der Waals surface area (Å²) in [5.41, 5.74) is 1.72. The molecule has 0 aliphatic carbocycles. The molecule has 1 nitrogen and oxygen atoms in total. The first-order valence-electron chi connectivity index (χ1n) is 5.64. The lowest BCUT2D eigenvalue weighted by molar-refractivity contribution is 0.885. The number of halogens is 4. The zero-order valence-corrected chi connectivity index (χ0v) is 13.1. The van der Waals surface area contributed by atoms with Crippen LogP contribution in [0.5, 0.6) is 0 Å². The van der Waals surface area contributed by atoms with Crippen molar-refractivity contribution in [2.24, 2.45) is 0 Å². The fourth-order valence-electron chi connectivity index (χ4n) is 1.72. The van der Waals surface area contributed by atoms with Crippen molar-refractivity contribution in [3.8, 4) is 0 Å². The third kappa shape index (κ3) is 3.49. The van der Waals surface area contributed by atoms with Crippen molar-refractivity contribution >= 4 is 52.1 Å². The molecule has 1 unspecified atom stereocenters. The first-order valence-corrected chi connectivity index (χ1v) is 7.15. The summed E-state index contributed by atoms with van der Waals surface area (Å²) in [7, 11) is 0. The summed E-state index contributed by atoms with van der Waals surface area (Å²) in [5, 5.41) is 5.50. The Bertz CT molecular complexity index is 578. The molecule has 2 rings (SSSR count). The highest BCUT2D eigenvalue weighted by molar-refractivity contribution is 6.42. The van der Waals surface area contributed by atoms with Crippen LogP contribution in [0.4, 0.5) is 5.69 Å². The van der Waals surface area contributed by atoms with E-state index in [0.717, 1.165) is 5.56 Å². The van der Waals surface area contributed by atoms with Gasteiger partial charge in [-0.2, -0.15) is 0 Å². The van der Waals surface area contributed by atoms with Crippen LogP contribution in [0.2, 0.25) is 20.1 Å². The molecular weight excluding hydrogens is 324 g/mol. The summed E-state index contributed by atoms with van der Waals surface area (Å²) < 4.78 is 0. The van der Waals surface area contributed by atoms with E-state index in [1.54, 1.807) is 24.3 Å². The molecule has 0 amide bonds. The predicted octanol–water partition coefficient (Wildman–Crippen LogP) is 6.47. The van der Waals surface area contributed by atoms with Crippen molar-refractivity contribution in [2.45, 2.75) is 13.0 Å². The molecule has 0 aliphatic rings. The summed E-state index contributed by atoms with van der Waals surface area (Å²) in [6.45, 7) is 2.00.